The maximum atomic E-state index is 12.8. The van der Waals surface area contributed by atoms with E-state index in [2.05, 4.69) is 10.0 Å². The van der Waals surface area contributed by atoms with E-state index in [1.165, 1.54) is 18.2 Å². The van der Waals surface area contributed by atoms with E-state index in [0.29, 0.717) is 18.9 Å². The van der Waals surface area contributed by atoms with Gasteiger partial charge in [0.1, 0.15) is 11.8 Å². The SMILES string of the molecule is CCNC(=O)C(Cc1ccccc1)NS(=O)(=O)c1ccc(OCC)c(Cl)c1. The Morgan fingerprint density at radius 2 is 1.85 bits per heavy atom. The zero-order valence-electron chi connectivity index (χ0n) is 15.2. The van der Waals surface area contributed by atoms with E-state index < -0.39 is 16.1 Å². The summed E-state index contributed by atoms with van der Waals surface area (Å²) in [5.74, 6) is 0.0182. The second-order valence-electron chi connectivity index (χ2n) is 5.78. The normalized spacial score (nSPS) is 12.4. The van der Waals surface area contributed by atoms with E-state index in [4.69, 9.17) is 16.3 Å². The molecule has 0 bridgehead atoms. The zero-order valence-corrected chi connectivity index (χ0v) is 16.8. The van der Waals surface area contributed by atoms with Crippen LogP contribution in [-0.4, -0.2) is 33.5 Å². The van der Waals surface area contributed by atoms with E-state index in [1.54, 1.807) is 6.92 Å². The topological polar surface area (TPSA) is 84.5 Å². The number of carbonyl (C=O) groups is 1. The molecule has 0 heterocycles. The molecule has 0 radical (unpaired) electrons. The predicted molar refractivity (Wildman–Crippen MR) is 106 cm³/mol. The van der Waals surface area contributed by atoms with Crippen molar-refractivity contribution in [2.75, 3.05) is 13.2 Å². The van der Waals surface area contributed by atoms with E-state index in [-0.39, 0.29) is 22.2 Å². The number of carbonyl (C=O) groups excluding carboxylic acids is 1. The maximum Gasteiger partial charge on any atom is 0.241 e. The number of hydrogen-bond donors (Lipinski definition) is 2. The quantitative estimate of drug-likeness (QED) is 0.665. The highest BCUT2D eigenvalue weighted by molar-refractivity contribution is 7.89. The van der Waals surface area contributed by atoms with Crippen molar-refractivity contribution in [3.8, 4) is 5.75 Å². The highest BCUT2D eigenvalue weighted by Gasteiger charge is 2.26. The van der Waals surface area contributed by atoms with Crippen LogP contribution in [-0.2, 0) is 21.2 Å². The van der Waals surface area contributed by atoms with Gasteiger partial charge >= 0.3 is 0 Å². The lowest BCUT2D eigenvalue weighted by Crippen LogP contribution is -2.47. The Bertz CT molecular complexity index is 873. The average Bonchev–Trinajstić information content (AvgIpc) is 2.64. The molecule has 146 valence electrons. The molecule has 0 saturated carbocycles. The van der Waals surface area contributed by atoms with Crippen LogP contribution in [0, 0.1) is 0 Å². The van der Waals surface area contributed by atoms with Crippen LogP contribution in [0.2, 0.25) is 5.02 Å². The first kappa shape index (κ1) is 21.2. The third kappa shape index (κ3) is 5.95. The van der Waals surface area contributed by atoms with Crippen molar-refractivity contribution in [2.45, 2.75) is 31.2 Å². The number of likely N-dealkylation sites (N-methyl/N-ethyl adjacent to an activating group) is 1. The van der Waals surface area contributed by atoms with Crippen LogP contribution in [0.1, 0.15) is 19.4 Å². The molecule has 1 amide bonds. The van der Waals surface area contributed by atoms with Crippen LogP contribution < -0.4 is 14.8 Å². The molecule has 1 unspecified atom stereocenters. The van der Waals surface area contributed by atoms with Crippen molar-refractivity contribution < 1.29 is 17.9 Å². The van der Waals surface area contributed by atoms with Gasteiger partial charge in [0.15, 0.2) is 0 Å². The monoisotopic (exact) mass is 410 g/mol. The van der Waals surface area contributed by atoms with Crippen LogP contribution in [0.5, 0.6) is 5.75 Å². The van der Waals surface area contributed by atoms with Gasteiger partial charge in [-0.1, -0.05) is 41.9 Å². The van der Waals surface area contributed by atoms with E-state index in [0.717, 1.165) is 5.56 Å². The fourth-order valence-corrected chi connectivity index (χ4v) is 4.03. The summed E-state index contributed by atoms with van der Waals surface area (Å²) in [4.78, 5) is 12.3. The van der Waals surface area contributed by atoms with Crippen molar-refractivity contribution in [1.82, 2.24) is 10.0 Å². The summed E-state index contributed by atoms with van der Waals surface area (Å²) in [7, 11) is -3.95. The van der Waals surface area contributed by atoms with Gasteiger partial charge in [-0.3, -0.25) is 4.79 Å². The fraction of sp³-hybridized carbons (Fsp3) is 0.316. The summed E-state index contributed by atoms with van der Waals surface area (Å²) < 4.78 is 33.4. The van der Waals surface area contributed by atoms with Crippen LogP contribution in [0.3, 0.4) is 0 Å². The number of benzene rings is 2. The first-order valence-corrected chi connectivity index (χ1v) is 10.5. The smallest absolute Gasteiger partial charge is 0.241 e. The maximum absolute atomic E-state index is 12.8. The predicted octanol–water partition coefficient (Wildman–Crippen LogP) is 2.76. The van der Waals surface area contributed by atoms with E-state index in [1.807, 2.05) is 37.3 Å². The number of halogens is 1. The largest absolute Gasteiger partial charge is 0.492 e. The summed E-state index contributed by atoms with van der Waals surface area (Å²) in [5.41, 5.74) is 0.848. The van der Waals surface area contributed by atoms with Gasteiger partial charge in [-0.25, -0.2) is 8.42 Å². The molecule has 0 saturated heterocycles. The highest BCUT2D eigenvalue weighted by Crippen LogP contribution is 2.27. The van der Waals surface area contributed by atoms with Crippen LogP contribution >= 0.6 is 11.6 Å². The van der Waals surface area contributed by atoms with Gasteiger partial charge in [0, 0.05) is 6.54 Å². The lowest BCUT2D eigenvalue weighted by molar-refractivity contribution is -0.122. The standard InChI is InChI=1S/C19H23ClN2O4S/c1-3-21-19(23)17(12-14-8-6-5-7-9-14)22-27(24,25)15-10-11-18(26-4-2)16(20)13-15/h5-11,13,17,22H,3-4,12H2,1-2H3,(H,21,23). The number of ether oxygens (including phenoxy) is 1. The van der Waals surface area contributed by atoms with Crippen LogP contribution in [0.25, 0.3) is 0 Å². The Kier molecular flexibility index (Phi) is 7.65. The molecule has 0 aliphatic rings. The van der Waals surface area contributed by atoms with Crippen molar-refractivity contribution >= 4 is 27.5 Å². The Morgan fingerprint density at radius 3 is 2.44 bits per heavy atom. The molecule has 0 aliphatic carbocycles. The molecule has 0 aromatic heterocycles. The molecule has 1 atom stereocenters. The van der Waals surface area contributed by atoms with Crippen molar-refractivity contribution in [3.05, 3.63) is 59.1 Å². The van der Waals surface area contributed by atoms with Crippen molar-refractivity contribution in [3.63, 3.8) is 0 Å². The molecule has 2 N–H and O–H groups in total. The van der Waals surface area contributed by atoms with Gasteiger partial charge in [-0.15, -0.1) is 0 Å². The molecule has 8 heteroatoms. The number of hydrogen-bond acceptors (Lipinski definition) is 4. The minimum absolute atomic E-state index is 0.0293. The molecule has 0 aliphatic heterocycles. The van der Waals surface area contributed by atoms with Gasteiger partial charge in [0.2, 0.25) is 15.9 Å². The third-order valence-electron chi connectivity index (χ3n) is 3.76. The van der Waals surface area contributed by atoms with Gasteiger partial charge in [0.05, 0.1) is 16.5 Å². The minimum atomic E-state index is -3.95. The third-order valence-corrected chi connectivity index (χ3v) is 5.53. The summed E-state index contributed by atoms with van der Waals surface area (Å²) in [6.07, 6.45) is 0.233. The van der Waals surface area contributed by atoms with Gasteiger partial charge in [-0.2, -0.15) is 4.72 Å². The zero-order chi connectivity index (χ0) is 19.9. The van der Waals surface area contributed by atoms with Crippen molar-refractivity contribution in [2.24, 2.45) is 0 Å². The fourth-order valence-electron chi connectivity index (χ4n) is 2.51. The molecule has 6 nitrogen and oxygen atoms in total. The second-order valence-corrected chi connectivity index (χ2v) is 7.90. The van der Waals surface area contributed by atoms with Crippen LogP contribution in [0.4, 0.5) is 0 Å². The van der Waals surface area contributed by atoms with Crippen molar-refractivity contribution in [1.29, 1.82) is 0 Å². The molecule has 2 rings (SSSR count). The summed E-state index contributed by atoms with van der Waals surface area (Å²) >= 11 is 6.10. The first-order valence-electron chi connectivity index (χ1n) is 8.63. The molecule has 0 fully saturated rings. The second kappa shape index (κ2) is 9.73. The molecule has 27 heavy (non-hydrogen) atoms. The number of rotatable bonds is 9. The Labute approximate surface area is 164 Å². The first-order chi connectivity index (χ1) is 12.9. The lowest BCUT2D eigenvalue weighted by atomic mass is 10.1. The Hall–Kier alpha value is -2.09. The lowest BCUT2D eigenvalue weighted by Gasteiger charge is -2.18. The Balaban J connectivity index is 2.26. The molecule has 2 aromatic rings. The van der Waals surface area contributed by atoms with E-state index >= 15 is 0 Å². The van der Waals surface area contributed by atoms with Gasteiger partial charge in [-0.05, 0) is 44.0 Å². The summed E-state index contributed by atoms with van der Waals surface area (Å²) in [5, 5.41) is 2.86. The summed E-state index contributed by atoms with van der Waals surface area (Å²) in [6.45, 7) is 4.41. The molecule has 2 aromatic carbocycles. The summed E-state index contributed by atoms with van der Waals surface area (Å²) in [6, 6.07) is 12.5. The number of sulfonamides is 1. The molecular formula is C19H23ClN2O4S. The Morgan fingerprint density at radius 1 is 1.15 bits per heavy atom. The number of nitrogens with one attached hydrogen (secondary N) is 2. The minimum Gasteiger partial charge on any atom is -0.492 e. The van der Waals surface area contributed by atoms with E-state index in [9.17, 15) is 13.2 Å². The number of amides is 1. The molecular weight excluding hydrogens is 388 g/mol. The molecule has 0 spiro atoms. The van der Waals surface area contributed by atoms with Crippen LogP contribution in [0.15, 0.2) is 53.4 Å². The van der Waals surface area contributed by atoms with Gasteiger partial charge < -0.3 is 10.1 Å². The van der Waals surface area contributed by atoms with Gasteiger partial charge in [0.25, 0.3) is 0 Å². The average molecular weight is 411 g/mol. The highest BCUT2D eigenvalue weighted by atomic mass is 35.5.